The molecule has 4 heteroatoms. The van der Waals surface area contributed by atoms with E-state index in [1.807, 2.05) is 11.3 Å². The van der Waals surface area contributed by atoms with E-state index in [0.717, 1.165) is 17.1 Å². The molecule has 0 aliphatic rings. The Hall–Kier alpha value is -6.88. The van der Waals surface area contributed by atoms with Crippen molar-refractivity contribution in [2.75, 3.05) is 4.90 Å². The summed E-state index contributed by atoms with van der Waals surface area (Å²) < 4.78 is 8.00. The number of hydrogen-bond acceptors (Lipinski definition) is 2. The molecule has 0 N–H and O–H groups in total. The largest absolute Gasteiger partial charge is 0.311 e. The van der Waals surface area contributed by atoms with Gasteiger partial charge in [-0.15, -0.1) is 11.3 Å². The normalized spacial score (nSPS) is 13.2. The van der Waals surface area contributed by atoms with Crippen LogP contribution in [0, 0.1) is 0 Å². The molecule has 66 heavy (non-hydrogen) atoms. The number of para-hydroxylation sites is 2. The minimum absolute atomic E-state index is 0.0220. The molecular weight excluding hydrogens is 819 g/mol. The molecule has 0 saturated heterocycles. The Labute approximate surface area is 389 Å². The second-order valence-electron chi connectivity index (χ2n) is 21.9. The summed E-state index contributed by atoms with van der Waals surface area (Å²) in [7, 11) is 0. The van der Waals surface area contributed by atoms with Crippen LogP contribution in [0.15, 0.2) is 158 Å². The first-order valence-electron chi connectivity index (χ1n) is 23.5. The van der Waals surface area contributed by atoms with Gasteiger partial charge in [0.25, 0.3) is 0 Å². The molecule has 0 fully saturated rings. The van der Waals surface area contributed by atoms with Gasteiger partial charge in [-0.1, -0.05) is 129 Å². The molecule has 0 unspecified atom stereocenters. The molecule has 0 amide bonds. The van der Waals surface area contributed by atoms with Gasteiger partial charge in [-0.2, -0.15) is 0 Å². The minimum Gasteiger partial charge on any atom is -0.311 e. The Morgan fingerprint density at radius 3 is 1.38 bits per heavy atom. The van der Waals surface area contributed by atoms with Gasteiger partial charge >= 0.3 is 0 Å². The maximum atomic E-state index is 2.64. The summed E-state index contributed by atoms with van der Waals surface area (Å²) in [5.41, 5.74) is 17.6. The van der Waals surface area contributed by atoms with Crippen molar-refractivity contribution in [1.82, 2.24) is 8.80 Å². The van der Waals surface area contributed by atoms with Gasteiger partial charge in [0, 0.05) is 70.4 Å². The van der Waals surface area contributed by atoms with Crippen LogP contribution >= 0.6 is 11.3 Å². The first-order chi connectivity index (χ1) is 31.6. The lowest BCUT2D eigenvalue weighted by Gasteiger charge is -2.26. The summed E-state index contributed by atoms with van der Waals surface area (Å²) in [4.78, 5) is 2.35. The van der Waals surface area contributed by atoms with E-state index in [1.54, 1.807) is 0 Å². The fourth-order valence-electron chi connectivity index (χ4n) is 11.1. The van der Waals surface area contributed by atoms with E-state index >= 15 is 0 Å². The zero-order chi connectivity index (χ0) is 45.2. The highest BCUT2D eigenvalue weighted by atomic mass is 32.1. The van der Waals surface area contributed by atoms with Crippen molar-refractivity contribution in [2.24, 2.45) is 0 Å². The highest BCUT2D eigenvalue weighted by Gasteiger charge is 2.30. The number of anilines is 3. The Bertz CT molecular complexity index is 4030. The molecule has 13 rings (SSSR count). The number of rotatable bonds is 4. The Balaban J connectivity index is 1.17. The fraction of sp³-hybridized carbons (Fsp3) is 0.194. The van der Waals surface area contributed by atoms with E-state index in [2.05, 4.69) is 234 Å². The van der Waals surface area contributed by atoms with Gasteiger partial charge in [-0.25, -0.2) is 0 Å². The quantitative estimate of drug-likeness (QED) is 0.172. The smallest absolute Gasteiger partial charge is 0.0728 e. The third kappa shape index (κ3) is 5.48. The molecular formula is C62H53N3S. The predicted molar refractivity (Wildman–Crippen MR) is 287 cm³/mol. The third-order valence-corrected chi connectivity index (χ3v) is 15.8. The van der Waals surface area contributed by atoms with Crippen LogP contribution in [0.25, 0.3) is 96.7 Å². The first-order valence-corrected chi connectivity index (χ1v) is 24.3. The molecule has 0 spiro atoms. The van der Waals surface area contributed by atoms with E-state index in [1.165, 1.54) is 113 Å². The SMILES string of the molecule is CC(C)(C)c1cc(-c2ccc(N(c3ccccc3)c3ccccc3)cc2)c2c(c1)c1cc(C(C)(C)C)cc3c4c5c6cc(C(C)(C)C)cc7c8sc9ccccc9c8n(c5ccc4n2c13)c76. The van der Waals surface area contributed by atoms with Crippen LogP contribution in [0.4, 0.5) is 17.1 Å². The van der Waals surface area contributed by atoms with Gasteiger partial charge in [0.1, 0.15) is 0 Å². The first kappa shape index (κ1) is 39.5. The van der Waals surface area contributed by atoms with Gasteiger partial charge in [0.2, 0.25) is 0 Å². The van der Waals surface area contributed by atoms with Gasteiger partial charge < -0.3 is 13.7 Å². The van der Waals surface area contributed by atoms with Crippen LogP contribution in [0.1, 0.15) is 79.0 Å². The van der Waals surface area contributed by atoms with Gasteiger partial charge in [0.15, 0.2) is 0 Å². The van der Waals surface area contributed by atoms with E-state index in [0.29, 0.717) is 0 Å². The van der Waals surface area contributed by atoms with E-state index in [-0.39, 0.29) is 16.2 Å². The number of hydrogen-bond donors (Lipinski definition) is 0. The standard InChI is InChI=1S/C62H53N3S/c1-60(2,3)37-30-44(36-24-26-42(27-25-36)63(40-18-12-10-13-19-40)41-20-14-11-15-21-41)55-45(31-37)46-32-38(61(4,5)6)33-47-53-50(64(55)56(46)47)28-29-51-54(53)48-34-39(62(7,8)9)35-49-57(48)65(51)58-43-22-16-17-23-52(43)66-59(49)58/h10-35H,1-9H3. The summed E-state index contributed by atoms with van der Waals surface area (Å²) in [5.74, 6) is 0. The number of benzene rings is 8. The van der Waals surface area contributed by atoms with Crippen molar-refractivity contribution in [3.8, 4) is 11.1 Å². The molecule has 5 heterocycles. The Morgan fingerprint density at radius 2 is 0.818 bits per heavy atom. The Kier molecular flexibility index (Phi) is 7.99. The zero-order valence-corrected chi connectivity index (χ0v) is 40.1. The summed E-state index contributed by atoms with van der Waals surface area (Å²) in [6.45, 7) is 21.2. The molecule has 0 atom stereocenters. The van der Waals surface area contributed by atoms with Crippen molar-refractivity contribution in [2.45, 2.75) is 78.6 Å². The maximum Gasteiger partial charge on any atom is 0.0728 e. The van der Waals surface area contributed by atoms with Gasteiger partial charge in [0.05, 0.1) is 37.8 Å². The monoisotopic (exact) mass is 871 g/mol. The molecule has 322 valence electrons. The molecule has 13 aromatic rings. The van der Waals surface area contributed by atoms with E-state index in [4.69, 9.17) is 0 Å². The molecule has 0 aliphatic carbocycles. The van der Waals surface area contributed by atoms with E-state index < -0.39 is 0 Å². The average molecular weight is 872 g/mol. The van der Waals surface area contributed by atoms with Crippen LogP contribution in [0.3, 0.4) is 0 Å². The van der Waals surface area contributed by atoms with E-state index in [9.17, 15) is 0 Å². The summed E-state index contributed by atoms with van der Waals surface area (Å²) in [5, 5.41) is 10.8. The lowest BCUT2D eigenvalue weighted by molar-refractivity contribution is 0.591. The van der Waals surface area contributed by atoms with Crippen LogP contribution in [-0.4, -0.2) is 8.80 Å². The predicted octanol–water partition coefficient (Wildman–Crippen LogP) is 18.2. The highest BCUT2D eigenvalue weighted by Crippen LogP contribution is 2.52. The maximum absolute atomic E-state index is 2.64. The average Bonchev–Trinajstić information content (AvgIpc) is 4.09. The molecule has 0 aliphatic heterocycles. The van der Waals surface area contributed by atoms with Crippen LogP contribution in [0.5, 0.6) is 0 Å². The molecule has 0 radical (unpaired) electrons. The van der Waals surface area contributed by atoms with Crippen molar-refractivity contribution in [3.63, 3.8) is 0 Å². The summed E-state index contributed by atoms with van der Waals surface area (Å²) in [6.07, 6.45) is 0. The molecule has 0 saturated carbocycles. The van der Waals surface area contributed by atoms with Crippen LogP contribution in [-0.2, 0) is 16.2 Å². The number of fused-ring (bicyclic) bond motifs is 15. The van der Waals surface area contributed by atoms with Crippen molar-refractivity contribution in [1.29, 1.82) is 0 Å². The zero-order valence-electron chi connectivity index (χ0n) is 39.3. The molecule has 3 nitrogen and oxygen atoms in total. The van der Waals surface area contributed by atoms with Crippen LogP contribution < -0.4 is 4.90 Å². The fourth-order valence-corrected chi connectivity index (χ4v) is 12.3. The summed E-state index contributed by atoms with van der Waals surface area (Å²) in [6, 6.07) is 59.7. The van der Waals surface area contributed by atoms with Crippen LogP contribution in [0.2, 0.25) is 0 Å². The lowest BCUT2D eigenvalue weighted by atomic mass is 9.83. The molecule has 8 aromatic carbocycles. The second kappa shape index (κ2) is 13.4. The van der Waals surface area contributed by atoms with Crippen molar-refractivity contribution >= 4 is 114 Å². The highest BCUT2D eigenvalue weighted by molar-refractivity contribution is 7.26. The molecule has 0 bridgehead atoms. The van der Waals surface area contributed by atoms with Gasteiger partial charge in [-0.3, -0.25) is 0 Å². The second-order valence-corrected chi connectivity index (χ2v) is 22.9. The van der Waals surface area contributed by atoms with Gasteiger partial charge in [-0.05, 0) is 129 Å². The third-order valence-electron chi connectivity index (χ3n) is 14.6. The Morgan fingerprint density at radius 1 is 0.379 bits per heavy atom. The molecule has 5 aromatic heterocycles. The minimum atomic E-state index is -0.0596. The summed E-state index contributed by atoms with van der Waals surface area (Å²) >= 11 is 1.94. The van der Waals surface area contributed by atoms with Crippen molar-refractivity contribution in [3.05, 3.63) is 174 Å². The number of thiophene rings is 1. The lowest BCUT2D eigenvalue weighted by Crippen LogP contribution is -2.11. The topological polar surface area (TPSA) is 12.1 Å². The number of nitrogens with zero attached hydrogens (tertiary/aromatic N) is 3. The number of aromatic nitrogens is 2. The van der Waals surface area contributed by atoms with Crippen molar-refractivity contribution < 1.29 is 0 Å².